The van der Waals surface area contributed by atoms with Gasteiger partial charge in [0.2, 0.25) is 5.91 Å². The van der Waals surface area contributed by atoms with E-state index in [9.17, 15) is 4.79 Å². The van der Waals surface area contributed by atoms with Crippen LogP contribution >= 0.6 is 0 Å². The van der Waals surface area contributed by atoms with E-state index >= 15 is 0 Å². The summed E-state index contributed by atoms with van der Waals surface area (Å²) in [6.45, 7) is 1.06. The van der Waals surface area contributed by atoms with Crippen molar-refractivity contribution >= 4 is 11.6 Å². The molecule has 0 bridgehead atoms. The molecule has 2 aromatic carbocycles. The molecule has 2 atom stereocenters. The molecule has 7 nitrogen and oxygen atoms in total. The molecule has 1 heterocycles. The van der Waals surface area contributed by atoms with E-state index in [0.29, 0.717) is 24.6 Å². The van der Waals surface area contributed by atoms with Gasteiger partial charge in [-0.05, 0) is 35.4 Å². The van der Waals surface area contributed by atoms with Gasteiger partial charge in [-0.25, -0.2) is 5.43 Å². The van der Waals surface area contributed by atoms with E-state index in [-0.39, 0.29) is 17.9 Å². The maximum Gasteiger partial charge on any atom is 0.226 e. The van der Waals surface area contributed by atoms with Crippen molar-refractivity contribution in [2.24, 2.45) is 5.92 Å². The Labute approximate surface area is 166 Å². The number of hydrazine groups is 1. The molecule has 0 saturated carbocycles. The molecule has 1 fully saturated rings. The fraction of sp³-hybridized carbons (Fsp3) is 0.381. The number of ether oxygens (including phenoxy) is 2. The average Bonchev–Trinajstić information content (AvgIpc) is 3.21. The number of hydrogen-bond acceptors (Lipinski definition) is 6. The van der Waals surface area contributed by atoms with Crippen LogP contribution in [0, 0.1) is 5.92 Å². The van der Waals surface area contributed by atoms with Gasteiger partial charge in [0.15, 0.2) is 11.5 Å². The highest BCUT2D eigenvalue weighted by Gasteiger charge is 2.34. The number of nitrogens with one attached hydrogen (secondary N) is 3. The Hall–Kier alpha value is -2.77. The quantitative estimate of drug-likeness (QED) is 0.677. The fourth-order valence-corrected chi connectivity index (χ4v) is 3.34. The Morgan fingerprint density at radius 3 is 2.46 bits per heavy atom. The van der Waals surface area contributed by atoms with Crippen molar-refractivity contribution in [2.45, 2.75) is 12.6 Å². The molecule has 3 N–H and O–H groups in total. The van der Waals surface area contributed by atoms with E-state index in [0.717, 1.165) is 16.8 Å². The van der Waals surface area contributed by atoms with Crippen LogP contribution in [0.15, 0.2) is 42.5 Å². The topological polar surface area (TPSA) is 74.9 Å². The summed E-state index contributed by atoms with van der Waals surface area (Å²) in [4.78, 5) is 14.8. The predicted molar refractivity (Wildman–Crippen MR) is 110 cm³/mol. The lowest BCUT2D eigenvalue weighted by atomic mass is 9.93. The molecule has 3 rings (SSSR count). The van der Waals surface area contributed by atoms with Crippen LogP contribution in [-0.4, -0.2) is 40.8 Å². The molecule has 0 spiro atoms. The van der Waals surface area contributed by atoms with Gasteiger partial charge in [-0.3, -0.25) is 10.2 Å². The smallest absolute Gasteiger partial charge is 0.226 e. The lowest BCUT2D eigenvalue weighted by molar-refractivity contribution is -0.125. The largest absolute Gasteiger partial charge is 0.493 e. The molecule has 28 heavy (non-hydrogen) atoms. The van der Waals surface area contributed by atoms with Crippen molar-refractivity contribution < 1.29 is 14.3 Å². The van der Waals surface area contributed by atoms with Crippen molar-refractivity contribution in [3.63, 3.8) is 0 Å². The van der Waals surface area contributed by atoms with E-state index in [2.05, 4.69) is 16.2 Å². The van der Waals surface area contributed by atoms with Crippen LogP contribution in [0.5, 0.6) is 11.5 Å². The molecule has 7 heteroatoms. The second-order valence-electron chi connectivity index (χ2n) is 7.00. The first-order valence-corrected chi connectivity index (χ1v) is 9.27. The Kier molecular flexibility index (Phi) is 6.38. The highest BCUT2D eigenvalue weighted by molar-refractivity contribution is 5.80. The van der Waals surface area contributed by atoms with E-state index in [4.69, 9.17) is 9.47 Å². The maximum atomic E-state index is 12.8. The van der Waals surface area contributed by atoms with Crippen LogP contribution in [0.3, 0.4) is 0 Å². The van der Waals surface area contributed by atoms with Gasteiger partial charge in [-0.15, -0.1) is 0 Å². The van der Waals surface area contributed by atoms with Crippen LogP contribution in [0.2, 0.25) is 0 Å². The number of carbonyl (C=O) groups excluding carboxylic acids is 1. The van der Waals surface area contributed by atoms with Crippen molar-refractivity contribution in [3.05, 3.63) is 53.6 Å². The molecule has 2 aromatic rings. The van der Waals surface area contributed by atoms with Gasteiger partial charge in [0.05, 0.1) is 26.2 Å². The van der Waals surface area contributed by atoms with Gasteiger partial charge in [-0.1, -0.05) is 18.2 Å². The molecule has 0 aliphatic carbocycles. The van der Waals surface area contributed by atoms with Gasteiger partial charge in [0.1, 0.15) is 0 Å². The van der Waals surface area contributed by atoms with Crippen molar-refractivity contribution in [1.82, 2.24) is 16.2 Å². The summed E-state index contributed by atoms with van der Waals surface area (Å²) in [6, 6.07) is 13.7. The van der Waals surface area contributed by atoms with Gasteiger partial charge in [0.25, 0.3) is 0 Å². The van der Waals surface area contributed by atoms with E-state index in [1.54, 1.807) is 14.2 Å². The molecule has 2 unspecified atom stereocenters. The monoisotopic (exact) mass is 384 g/mol. The molecule has 1 aliphatic heterocycles. The average molecular weight is 384 g/mol. The minimum Gasteiger partial charge on any atom is -0.493 e. The lowest BCUT2D eigenvalue weighted by Gasteiger charge is -2.20. The number of nitrogens with zero attached hydrogens (tertiary/aromatic N) is 1. The number of benzene rings is 2. The maximum absolute atomic E-state index is 12.8. The molecule has 0 radical (unpaired) electrons. The number of rotatable bonds is 7. The predicted octanol–water partition coefficient (Wildman–Crippen LogP) is 1.85. The Bertz CT molecular complexity index is 808. The highest BCUT2D eigenvalue weighted by Crippen LogP contribution is 2.33. The number of carbonyl (C=O) groups is 1. The Morgan fingerprint density at radius 2 is 1.82 bits per heavy atom. The third kappa shape index (κ3) is 4.37. The molecule has 1 saturated heterocycles. The lowest BCUT2D eigenvalue weighted by Crippen LogP contribution is -2.34. The fourth-order valence-electron chi connectivity index (χ4n) is 3.34. The van der Waals surface area contributed by atoms with Crippen LogP contribution in [-0.2, 0) is 11.3 Å². The van der Waals surface area contributed by atoms with Crippen LogP contribution < -0.4 is 30.5 Å². The summed E-state index contributed by atoms with van der Waals surface area (Å²) in [5, 5.41) is 3.05. The summed E-state index contributed by atoms with van der Waals surface area (Å²) < 4.78 is 10.7. The van der Waals surface area contributed by atoms with Gasteiger partial charge >= 0.3 is 0 Å². The second-order valence-corrected chi connectivity index (χ2v) is 7.00. The van der Waals surface area contributed by atoms with Gasteiger partial charge in [0, 0.05) is 32.9 Å². The van der Waals surface area contributed by atoms with Gasteiger partial charge in [-0.2, -0.15) is 0 Å². The molecular weight excluding hydrogens is 356 g/mol. The number of hydrogen-bond donors (Lipinski definition) is 3. The minimum atomic E-state index is -0.223. The number of methoxy groups -OCH3 is 2. The van der Waals surface area contributed by atoms with Crippen molar-refractivity contribution in [3.8, 4) is 11.5 Å². The molecule has 0 aromatic heterocycles. The number of amides is 1. The van der Waals surface area contributed by atoms with Crippen LogP contribution in [0.1, 0.15) is 17.2 Å². The standard InChI is InChI=1S/C21H28N4O3/c1-25(2)16-8-5-14(6-9-16)12-22-21(26)17-13-23-24-20(17)15-7-10-18(27-3)19(11-15)28-4/h5-11,17,20,23-24H,12-13H2,1-4H3,(H,22,26). The molecular formula is C21H28N4O3. The third-order valence-electron chi connectivity index (χ3n) is 5.00. The summed E-state index contributed by atoms with van der Waals surface area (Å²) in [5.41, 5.74) is 9.47. The van der Waals surface area contributed by atoms with E-state index < -0.39 is 0 Å². The van der Waals surface area contributed by atoms with E-state index in [1.165, 1.54) is 0 Å². The molecule has 150 valence electrons. The second kappa shape index (κ2) is 8.95. The minimum absolute atomic E-state index is 0.00831. The summed E-state index contributed by atoms with van der Waals surface area (Å²) in [5.74, 6) is 1.10. The zero-order valence-corrected chi connectivity index (χ0v) is 16.8. The summed E-state index contributed by atoms with van der Waals surface area (Å²) in [7, 11) is 7.22. The normalized spacial score (nSPS) is 18.6. The number of anilines is 1. The van der Waals surface area contributed by atoms with Crippen molar-refractivity contribution in [1.29, 1.82) is 0 Å². The molecule has 1 amide bonds. The van der Waals surface area contributed by atoms with E-state index in [1.807, 2.05) is 61.5 Å². The van der Waals surface area contributed by atoms with Crippen LogP contribution in [0.4, 0.5) is 5.69 Å². The first kappa shape index (κ1) is 20.0. The van der Waals surface area contributed by atoms with Crippen molar-refractivity contribution in [2.75, 3.05) is 39.8 Å². The Morgan fingerprint density at radius 1 is 1.11 bits per heavy atom. The van der Waals surface area contributed by atoms with Crippen LogP contribution in [0.25, 0.3) is 0 Å². The summed E-state index contributed by atoms with van der Waals surface area (Å²) >= 11 is 0. The summed E-state index contributed by atoms with van der Waals surface area (Å²) in [6.07, 6.45) is 0. The zero-order valence-electron chi connectivity index (χ0n) is 16.8. The SMILES string of the molecule is COc1ccc(C2NNCC2C(=O)NCc2ccc(N(C)C)cc2)cc1OC. The first-order valence-electron chi connectivity index (χ1n) is 9.27. The van der Waals surface area contributed by atoms with Gasteiger partial charge < -0.3 is 19.7 Å². The third-order valence-corrected chi connectivity index (χ3v) is 5.00. The highest BCUT2D eigenvalue weighted by atomic mass is 16.5. The molecule has 1 aliphatic rings. The zero-order chi connectivity index (χ0) is 20.1. The Balaban J connectivity index is 1.66. The first-order chi connectivity index (χ1) is 13.5.